The molecular weight excluding hydrogens is 186 g/mol. The van der Waals surface area contributed by atoms with Crippen LogP contribution < -0.4 is 0 Å². The molecule has 74 valence electrons. The van der Waals surface area contributed by atoms with Gasteiger partial charge in [0.1, 0.15) is 5.69 Å². The van der Waals surface area contributed by atoms with Crippen molar-refractivity contribution in [3.05, 3.63) is 29.1 Å². The number of esters is 1. The van der Waals surface area contributed by atoms with Gasteiger partial charge in [-0.1, -0.05) is 0 Å². The van der Waals surface area contributed by atoms with Crippen LogP contribution in [0.25, 0.3) is 0 Å². The average molecular weight is 195 g/mol. The maximum atomic E-state index is 11.1. The van der Waals surface area contributed by atoms with Crippen molar-refractivity contribution in [1.82, 2.24) is 4.98 Å². The molecule has 5 nitrogen and oxygen atoms in total. The van der Waals surface area contributed by atoms with Crippen molar-refractivity contribution >= 4 is 11.9 Å². The van der Waals surface area contributed by atoms with Crippen LogP contribution in [0.5, 0.6) is 0 Å². The summed E-state index contributed by atoms with van der Waals surface area (Å²) in [7, 11) is 1.23. The number of aryl methyl sites for hydroxylation is 1. The van der Waals surface area contributed by atoms with Crippen LogP contribution in [0, 0.1) is 6.92 Å². The topological polar surface area (TPSA) is 76.5 Å². The van der Waals surface area contributed by atoms with Gasteiger partial charge in [0.15, 0.2) is 0 Å². The van der Waals surface area contributed by atoms with E-state index in [1.807, 2.05) is 0 Å². The first-order chi connectivity index (χ1) is 6.54. The summed E-state index contributed by atoms with van der Waals surface area (Å²) < 4.78 is 4.47. The van der Waals surface area contributed by atoms with Crippen LogP contribution >= 0.6 is 0 Å². The van der Waals surface area contributed by atoms with Gasteiger partial charge in [-0.25, -0.2) is 14.6 Å². The third-order valence-electron chi connectivity index (χ3n) is 1.59. The molecule has 0 fully saturated rings. The first kappa shape index (κ1) is 10.2. The zero-order valence-corrected chi connectivity index (χ0v) is 7.77. The maximum absolute atomic E-state index is 11.1. The van der Waals surface area contributed by atoms with Crippen LogP contribution in [0.3, 0.4) is 0 Å². The summed E-state index contributed by atoms with van der Waals surface area (Å²) in [5.41, 5.74) is 0.494. The number of hydrogen-bond acceptors (Lipinski definition) is 4. The summed E-state index contributed by atoms with van der Waals surface area (Å²) in [6.45, 7) is 1.61. The van der Waals surface area contributed by atoms with E-state index in [4.69, 9.17) is 5.11 Å². The van der Waals surface area contributed by atoms with Crippen molar-refractivity contribution < 1.29 is 19.4 Å². The standard InChI is InChI=1S/C9H9NO4/c1-5-3-6(9(13)14-2)4-7(10-5)8(11)12/h3-4H,1-2H3,(H,11,12). The van der Waals surface area contributed by atoms with Gasteiger partial charge < -0.3 is 9.84 Å². The second-order valence-electron chi connectivity index (χ2n) is 2.68. The molecule has 1 aromatic heterocycles. The normalized spacial score (nSPS) is 9.57. The van der Waals surface area contributed by atoms with Gasteiger partial charge in [-0.05, 0) is 19.1 Å². The van der Waals surface area contributed by atoms with Gasteiger partial charge in [-0.15, -0.1) is 0 Å². The molecule has 0 aliphatic rings. The minimum Gasteiger partial charge on any atom is -0.477 e. The molecule has 0 saturated carbocycles. The molecular formula is C9H9NO4. The highest BCUT2D eigenvalue weighted by Gasteiger charge is 2.12. The number of pyridine rings is 1. The molecule has 0 amide bonds. The lowest BCUT2D eigenvalue weighted by atomic mass is 10.2. The number of aromatic nitrogens is 1. The molecule has 0 aromatic carbocycles. The Morgan fingerprint density at radius 2 is 2.07 bits per heavy atom. The summed E-state index contributed by atoms with van der Waals surface area (Å²) in [4.78, 5) is 25.4. The van der Waals surface area contributed by atoms with E-state index in [2.05, 4.69) is 9.72 Å². The Kier molecular flexibility index (Phi) is 2.81. The number of methoxy groups -OCH3 is 1. The van der Waals surface area contributed by atoms with Crippen LogP contribution in [-0.2, 0) is 4.74 Å². The first-order valence-corrected chi connectivity index (χ1v) is 3.85. The Morgan fingerprint density at radius 3 is 2.57 bits per heavy atom. The Labute approximate surface area is 80.3 Å². The van der Waals surface area contributed by atoms with Gasteiger partial charge in [0.2, 0.25) is 0 Å². The van der Waals surface area contributed by atoms with Crippen molar-refractivity contribution in [2.45, 2.75) is 6.92 Å². The fraction of sp³-hybridized carbons (Fsp3) is 0.222. The van der Waals surface area contributed by atoms with Gasteiger partial charge in [-0.3, -0.25) is 0 Å². The maximum Gasteiger partial charge on any atom is 0.354 e. The van der Waals surface area contributed by atoms with Gasteiger partial charge >= 0.3 is 11.9 Å². The molecule has 0 aliphatic heterocycles. The van der Waals surface area contributed by atoms with Crippen molar-refractivity contribution in [3.8, 4) is 0 Å². The first-order valence-electron chi connectivity index (χ1n) is 3.85. The van der Waals surface area contributed by atoms with Crippen LogP contribution in [0.2, 0.25) is 0 Å². The van der Waals surface area contributed by atoms with E-state index in [1.54, 1.807) is 6.92 Å². The van der Waals surface area contributed by atoms with Crippen molar-refractivity contribution in [1.29, 1.82) is 0 Å². The molecule has 0 aliphatic carbocycles. The smallest absolute Gasteiger partial charge is 0.354 e. The predicted octanol–water partition coefficient (Wildman–Crippen LogP) is 0.875. The van der Waals surface area contributed by atoms with E-state index in [9.17, 15) is 9.59 Å². The summed E-state index contributed by atoms with van der Waals surface area (Å²) >= 11 is 0. The summed E-state index contributed by atoms with van der Waals surface area (Å²) in [6.07, 6.45) is 0. The lowest BCUT2D eigenvalue weighted by Gasteiger charge is -2.01. The zero-order chi connectivity index (χ0) is 10.7. The van der Waals surface area contributed by atoms with Crippen LogP contribution in [0.15, 0.2) is 12.1 Å². The molecule has 0 bridgehead atoms. The van der Waals surface area contributed by atoms with Crippen molar-refractivity contribution in [3.63, 3.8) is 0 Å². The summed E-state index contributed by atoms with van der Waals surface area (Å²) in [5, 5.41) is 8.67. The molecule has 0 atom stereocenters. The lowest BCUT2D eigenvalue weighted by molar-refractivity contribution is 0.0600. The van der Waals surface area contributed by atoms with Crippen LogP contribution in [-0.4, -0.2) is 29.1 Å². The number of carboxylic acids is 1. The van der Waals surface area contributed by atoms with E-state index in [0.29, 0.717) is 5.69 Å². The molecule has 1 aromatic rings. The number of rotatable bonds is 2. The molecule has 14 heavy (non-hydrogen) atoms. The van der Waals surface area contributed by atoms with E-state index in [1.165, 1.54) is 19.2 Å². The molecule has 1 heterocycles. The minimum atomic E-state index is -1.17. The SMILES string of the molecule is COC(=O)c1cc(C)nc(C(=O)O)c1. The fourth-order valence-electron chi connectivity index (χ4n) is 1.01. The summed E-state index contributed by atoms with van der Waals surface area (Å²) in [5.74, 6) is -1.74. The van der Waals surface area contributed by atoms with Crippen molar-refractivity contribution in [2.24, 2.45) is 0 Å². The molecule has 5 heteroatoms. The molecule has 0 unspecified atom stereocenters. The largest absolute Gasteiger partial charge is 0.477 e. The molecule has 0 radical (unpaired) electrons. The van der Waals surface area contributed by atoms with Gasteiger partial charge in [-0.2, -0.15) is 0 Å². The van der Waals surface area contributed by atoms with E-state index >= 15 is 0 Å². The van der Waals surface area contributed by atoms with E-state index in [0.717, 1.165) is 0 Å². The second-order valence-corrected chi connectivity index (χ2v) is 2.68. The fourth-order valence-corrected chi connectivity index (χ4v) is 1.01. The van der Waals surface area contributed by atoms with Gasteiger partial charge in [0.25, 0.3) is 0 Å². The van der Waals surface area contributed by atoms with Crippen LogP contribution in [0.1, 0.15) is 26.5 Å². The molecule has 1 N–H and O–H groups in total. The number of hydrogen-bond donors (Lipinski definition) is 1. The number of carbonyl (C=O) groups excluding carboxylic acids is 1. The average Bonchev–Trinajstić information content (AvgIpc) is 2.15. The van der Waals surface area contributed by atoms with Crippen molar-refractivity contribution in [2.75, 3.05) is 7.11 Å². The van der Waals surface area contributed by atoms with Crippen LogP contribution in [0.4, 0.5) is 0 Å². The highest BCUT2D eigenvalue weighted by Crippen LogP contribution is 2.07. The van der Waals surface area contributed by atoms with E-state index in [-0.39, 0.29) is 11.3 Å². The zero-order valence-electron chi connectivity index (χ0n) is 7.77. The number of aromatic carboxylic acids is 1. The Hall–Kier alpha value is -1.91. The highest BCUT2D eigenvalue weighted by atomic mass is 16.5. The molecule has 1 rings (SSSR count). The number of ether oxygens (including phenoxy) is 1. The number of carboxylic acid groups (broad SMARTS) is 1. The third kappa shape index (κ3) is 2.07. The third-order valence-corrected chi connectivity index (χ3v) is 1.59. The monoisotopic (exact) mass is 195 g/mol. The Bertz CT molecular complexity index is 386. The summed E-state index contributed by atoms with van der Waals surface area (Å²) in [6, 6.07) is 2.65. The number of nitrogens with zero attached hydrogens (tertiary/aromatic N) is 1. The Morgan fingerprint density at radius 1 is 1.43 bits per heavy atom. The van der Waals surface area contributed by atoms with Gasteiger partial charge in [0.05, 0.1) is 12.7 Å². The molecule has 0 spiro atoms. The lowest BCUT2D eigenvalue weighted by Crippen LogP contribution is -2.07. The number of carbonyl (C=O) groups is 2. The second kappa shape index (κ2) is 3.87. The quantitative estimate of drug-likeness (QED) is 0.708. The Balaban J connectivity index is 3.20. The van der Waals surface area contributed by atoms with E-state index < -0.39 is 11.9 Å². The highest BCUT2D eigenvalue weighted by molar-refractivity contribution is 5.93. The molecule has 0 saturated heterocycles. The minimum absolute atomic E-state index is 0.162. The predicted molar refractivity (Wildman–Crippen MR) is 47.3 cm³/mol. The van der Waals surface area contributed by atoms with Gasteiger partial charge in [0, 0.05) is 5.69 Å².